The van der Waals surface area contributed by atoms with Gasteiger partial charge in [0.25, 0.3) is 0 Å². The molecule has 0 aliphatic heterocycles. The Morgan fingerprint density at radius 3 is 2.77 bits per heavy atom. The Morgan fingerprint density at radius 1 is 1.32 bits per heavy atom. The summed E-state index contributed by atoms with van der Waals surface area (Å²) in [6.45, 7) is 1.18. The van der Waals surface area contributed by atoms with E-state index < -0.39 is 0 Å². The van der Waals surface area contributed by atoms with E-state index in [2.05, 4.69) is 25.8 Å². The maximum atomic E-state index is 11.6. The molecule has 0 saturated carbocycles. The van der Waals surface area contributed by atoms with Gasteiger partial charge in [0.2, 0.25) is 5.91 Å². The van der Waals surface area contributed by atoms with Crippen molar-refractivity contribution in [1.29, 1.82) is 0 Å². The molecular formula is C15H21N5O2. The third-order valence-electron chi connectivity index (χ3n) is 3.16. The van der Waals surface area contributed by atoms with Gasteiger partial charge < -0.3 is 15.4 Å². The van der Waals surface area contributed by atoms with Gasteiger partial charge in [-0.05, 0) is 44.3 Å². The minimum Gasteiger partial charge on any atom is -0.497 e. The first-order chi connectivity index (χ1) is 10.7. The van der Waals surface area contributed by atoms with Gasteiger partial charge >= 0.3 is 0 Å². The molecule has 0 fully saturated rings. The summed E-state index contributed by atoms with van der Waals surface area (Å²) in [6, 6.07) is 7.49. The van der Waals surface area contributed by atoms with Crippen LogP contribution in [0.4, 0.5) is 0 Å². The maximum Gasteiger partial charge on any atom is 0.220 e. The van der Waals surface area contributed by atoms with Gasteiger partial charge in [-0.15, -0.1) is 0 Å². The summed E-state index contributed by atoms with van der Waals surface area (Å²) in [7, 11) is 3.49. The number of nitrogens with zero attached hydrogens (tertiary/aromatic N) is 2. The number of rotatable bonds is 8. The number of amides is 1. The first kappa shape index (κ1) is 16.0. The van der Waals surface area contributed by atoms with Gasteiger partial charge in [0.1, 0.15) is 11.6 Å². The molecule has 0 bridgehead atoms. The molecule has 1 aromatic carbocycles. The Hall–Kier alpha value is -2.41. The minimum atomic E-state index is 0.0117. The second-order valence-corrected chi connectivity index (χ2v) is 4.82. The number of hydrogen-bond donors (Lipinski definition) is 3. The number of ether oxygens (including phenoxy) is 1. The summed E-state index contributed by atoms with van der Waals surface area (Å²) in [5, 5.41) is 12.8. The van der Waals surface area contributed by atoms with Crippen molar-refractivity contribution in [1.82, 2.24) is 25.8 Å². The van der Waals surface area contributed by atoms with Crippen LogP contribution in [0.15, 0.2) is 24.3 Å². The Labute approximate surface area is 129 Å². The fraction of sp³-hybridized carbons (Fsp3) is 0.400. The quantitative estimate of drug-likeness (QED) is 0.635. The monoisotopic (exact) mass is 303 g/mol. The molecule has 0 aliphatic rings. The molecule has 1 heterocycles. The maximum absolute atomic E-state index is 11.6. The van der Waals surface area contributed by atoms with Gasteiger partial charge in [-0.2, -0.15) is 5.10 Å². The first-order valence-corrected chi connectivity index (χ1v) is 7.20. The highest BCUT2D eigenvalue weighted by Gasteiger charge is 2.07. The van der Waals surface area contributed by atoms with E-state index in [9.17, 15) is 4.79 Å². The number of nitrogens with one attached hydrogen (secondary N) is 3. The van der Waals surface area contributed by atoms with Crippen LogP contribution in [0.2, 0.25) is 0 Å². The Bertz CT molecular complexity index is 594. The van der Waals surface area contributed by atoms with Crippen molar-refractivity contribution in [3.8, 4) is 17.1 Å². The molecule has 0 atom stereocenters. The Kier molecular flexibility index (Phi) is 5.91. The molecule has 7 nitrogen and oxygen atoms in total. The fourth-order valence-corrected chi connectivity index (χ4v) is 1.94. The summed E-state index contributed by atoms with van der Waals surface area (Å²) in [5.74, 6) is 2.03. The normalized spacial score (nSPS) is 10.5. The van der Waals surface area contributed by atoms with Crippen molar-refractivity contribution in [2.45, 2.75) is 19.4 Å². The number of H-pyrrole nitrogens is 1. The van der Waals surface area contributed by atoms with Crippen LogP contribution in [0.25, 0.3) is 11.4 Å². The van der Waals surface area contributed by atoms with Crippen LogP contribution < -0.4 is 15.4 Å². The largest absolute Gasteiger partial charge is 0.497 e. The van der Waals surface area contributed by atoms with Crippen LogP contribution in [0.5, 0.6) is 5.75 Å². The number of benzene rings is 1. The number of carbonyl (C=O) groups excluding carboxylic acids is 1. The molecule has 0 aliphatic carbocycles. The number of carbonyl (C=O) groups is 1. The van der Waals surface area contributed by atoms with Crippen molar-refractivity contribution in [3.63, 3.8) is 0 Å². The van der Waals surface area contributed by atoms with Crippen LogP contribution in [-0.2, 0) is 11.3 Å². The molecule has 7 heteroatoms. The lowest BCUT2D eigenvalue weighted by molar-refractivity contribution is -0.121. The molecule has 118 valence electrons. The predicted molar refractivity (Wildman–Crippen MR) is 83.4 cm³/mol. The summed E-state index contributed by atoms with van der Waals surface area (Å²) in [6.07, 6.45) is 1.32. The summed E-state index contributed by atoms with van der Waals surface area (Å²) < 4.78 is 5.11. The van der Waals surface area contributed by atoms with Gasteiger partial charge in [0.15, 0.2) is 5.82 Å². The zero-order valence-corrected chi connectivity index (χ0v) is 12.8. The zero-order chi connectivity index (χ0) is 15.8. The molecule has 0 radical (unpaired) electrons. The van der Waals surface area contributed by atoms with Crippen LogP contribution in [0.3, 0.4) is 0 Å². The van der Waals surface area contributed by atoms with Crippen LogP contribution in [-0.4, -0.2) is 41.8 Å². The first-order valence-electron chi connectivity index (χ1n) is 7.20. The van der Waals surface area contributed by atoms with Crippen LogP contribution in [0, 0.1) is 0 Å². The minimum absolute atomic E-state index is 0.0117. The molecule has 1 amide bonds. The highest BCUT2D eigenvalue weighted by Crippen LogP contribution is 2.18. The molecule has 0 unspecified atom stereocenters. The van der Waals surface area contributed by atoms with E-state index in [-0.39, 0.29) is 5.91 Å². The molecular weight excluding hydrogens is 282 g/mol. The second-order valence-electron chi connectivity index (χ2n) is 4.82. The molecule has 1 aromatic heterocycles. The lowest BCUT2D eigenvalue weighted by Crippen LogP contribution is -2.24. The molecule has 2 aromatic rings. The van der Waals surface area contributed by atoms with E-state index in [1.807, 2.05) is 31.3 Å². The third-order valence-corrected chi connectivity index (χ3v) is 3.16. The Morgan fingerprint density at radius 2 is 2.09 bits per heavy atom. The number of aromatic amines is 1. The topological polar surface area (TPSA) is 91.9 Å². The second kappa shape index (κ2) is 8.14. The van der Waals surface area contributed by atoms with Crippen LogP contribution >= 0.6 is 0 Å². The smallest absolute Gasteiger partial charge is 0.220 e. The highest BCUT2D eigenvalue weighted by atomic mass is 16.5. The molecule has 22 heavy (non-hydrogen) atoms. The molecule has 2 rings (SSSR count). The average Bonchev–Trinajstić information content (AvgIpc) is 3.02. The van der Waals surface area contributed by atoms with E-state index in [0.29, 0.717) is 24.6 Å². The number of aromatic nitrogens is 3. The lowest BCUT2D eigenvalue weighted by atomic mass is 10.2. The predicted octanol–water partition coefficient (Wildman–Crippen LogP) is 1.10. The van der Waals surface area contributed by atoms with Crippen molar-refractivity contribution >= 4 is 5.91 Å². The van der Waals surface area contributed by atoms with E-state index >= 15 is 0 Å². The highest BCUT2D eigenvalue weighted by molar-refractivity contribution is 5.75. The van der Waals surface area contributed by atoms with E-state index in [1.165, 1.54) is 0 Å². The van der Waals surface area contributed by atoms with Crippen molar-refractivity contribution in [2.24, 2.45) is 0 Å². The van der Waals surface area contributed by atoms with Gasteiger partial charge in [-0.25, -0.2) is 4.98 Å². The molecule has 0 saturated heterocycles. The molecule has 0 spiro atoms. The van der Waals surface area contributed by atoms with Crippen LogP contribution in [0.1, 0.15) is 18.7 Å². The lowest BCUT2D eigenvalue weighted by Gasteiger charge is -2.02. The van der Waals surface area contributed by atoms with E-state index in [1.54, 1.807) is 7.11 Å². The average molecular weight is 303 g/mol. The van der Waals surface area contributed by atoms with Crippen molar-refractivity contribution in [3.05, 3.63) is 30.1 Å². The van der Waals surface area contributed by atoms with Gasteiger partial charge in [0, 0.05) is 12.0 Å². The fourth-order valence-electron chi connectivity index (χ4n) is 1.94. The third kappa shape index (κ3) is 4.56. The van der Waals surface area contributed by atoms with E-state index in [0.717, 1.165) is 24.3 Å². The Balaban J connectivity index is 1.86. The van der Waals surface area contributed by atoms with E-state index in [4.69, 9.17) is 4.74 Å². The summed E-state index contributed by atoms with van der Waals surface area (Å²) in [4.78, 5) is 16.0. The van der Waals surface area contributed by atoms with Crippen molar-refractivity contribution in [2.75, 3.05) is 20.7 Å². The molecule has 3 N–H and O–H groups in total. The summed E-state index contributed by atoms with van der Waals surface area (Å²) in [5.41, 5.74) is 0.892. The summed E-state index contributed by atoms with van der Waals surface area (Å²) >= 11 is 0. The number of hydrogen-bond acceptors (Lipinski definition) is 5. The van der Waals surface area contributed by atoms with Crippen molar-refractivity contribution < 1.29 is 9.53 Å². The van der Waals surface area contributed by atoms with Gasteiger partial charge in [-0.3, -0.25) is 9.89 Å². The zero-order valence-electron chi connectivity index (χ0n) is 12.8. The standard InChI is InChI=1S/C15H21N5O2/c1-16-9-3-4-14(21)17-10-13-18-15(20-19-13)11-5-7-12(22-2)8-6-11/h5-8,16H,3-4,9-10H2,1-2H3,(H,17,21)(H,18,19,20). The SMILES string of the molecule is CNCCCC(=O)NCc1nc(-c2ccc(OC)cc2)n[nH]1. The van der Waals surface area contributed by atoms with Gasteiger partial charge in [-0.1, -0.05) is 0 Å². The number of methoxy groups -OCH3 is 1. The van der Waals surface area contributed by atoms with Gasteiger partial charge in [0.05, 0.1) is 13.7 Å².